The van der Waals surface area contributed by atoms with Crippen molar-refractivity contribution in [2.24, 2.45) is 0 Å². The molecule has 1 nitrogen and oxygen atoms in total. The summed E-state index contributed by atoms with van der Waals surface area (Å²) in [7, 11) is 0. The number of hydrogen-bond acceptors (Lipinski definition) is 1. The number of rotatable bonds is 4. The van der Waals surface area contributed by atoms with Crippen LogP contribution in [0.25, 0.3) is 0 Å². The highest BCUT2D eigenvalue weighted by Crippen LogP contribution is 2.27. The Kier molecular flexibility index (Phi) is 5.29. The van der Waals surface area contributed by atoms with E-state index in [0.717, 1.165) is 20.6 Å². The highest BCUT2D eigenvalue weighted by molar-refractivity contribution is 9.11. The Morgan fingerprint density at radius 3 is 2.50 bits per heavy atom. The normalized spacial score (nSPS) is 12.4. The summed E-state index contributed by atoms with van der Waals surface area (Å²) in [6.07, 6.45) is 0. The Morgan fingerprint density at radius 2 is 1.85 bits per heavy atom. The first-order chi connectivity index (χ1) is 9.47. The molecule has 0 aliphatic carbocycles. The van der Waals surface area contributed by atoms with Gasteiger partial charge >= 0.3 is 0 Å². The Morgan fingerprint density at radius 1 is 1.10 bits per heavy atom. The van der Waals surface area contributed by atoms with Crippen LogP contribution in [0.3, 0.4) is 0 Å². The third-order valence-electron chi connectivity index (χ3n) is 3.04. The zero-order chi connectivity index (χ0) is 14.7. The van der Waals surface area contributed by atoms with Gasteiger partial charge in [0, 0.05) is 33.2 Å². The van der Waals surface area contributed by atoms with Gasteiger partial charge in [-0.3, -0.25) is 0 Å². The summed E-state index contributed by atoms with van der Waals surface area (Å²) in [5.74, 6) is -1.09. The van der Waals surface area contributed by atoms with E-state index in [0.29, 0.717) is 12.1 Å². The lowest BCUT2D eigenvalue weighted by atomic mass is 10.1. The number of halogens is 4. The first kappa shape index (κ1) is 15.6. The van der Waals surface area contributed by atoms with Gasteiger partial charge in [0.2, 0.25) is 0 Å². The van der Waals surface area contributed by atoms with Crippen molar-refractivity contribution in [1.29, 1.82) is 0 Å². The molecule has 0 fully saturated rings. The lowest BCUT2D eigenvalue weighted by Gasteiger charge is -2.16. The maximum absolute atomic E-state index is 13.5. The SMILES string of the molecule is CC(NCc1ccc(F)cc1F)c1ccc(Br)cc1Br. The van der Waals surface area contributed by atoms with Gasteiger partial charge in [-0.2, -0.15) is 0 Å². The van der Waals surface area contributed by atoms with Gasteiger partial charge in [-0.25, -0.2) is 8.78 Å². The molecule has 0 radical (unpaired) electrons. The van der Waals surface area contributed by atoms with E-state index >= 15 is 0 Å². The molecule has 0 aromatic heterocycles. The zero-order valence-electron chi connectivity index (χ0n) is 10.8. The van der Waals surface area contributed by atoms with Crippen LogP contribution in [0.1, 0.15) is 24.1 Å². The smallest absolute Gasteiger partial charge is 0.130 e. The maximum atomic E-state index is 13.5. The predicted molar refractivity (Wildman–Crippen MR) is 83.5 cm³/mol. The van der Waals surface area contributed by atoms with E-state index in [1.54, 1.807) is 0 Å². The van der Waals surface area contributed by atoms with Gasteiger partial charge in [0.05, 0.1) is 0 Å². The quantitative estimate of drug-likeness (QED) is 0.725. The molecule has 0 spiro atoms. The van der Waals surface area contributed by atoms with Crippen molar-refractivity contribution in [3.8, 4) is 0 Å². The van der Waals surface area contributed by atoms with Gasteiger partial charge in [-0.15, -0.1) is 0 Å². The molecule has 1 N–H and O–H groups in total. The van der Waals surface area contributed by atoms with Gasteiger partial charge in [0.1, 0.15) is 11.6 Å². The van der Waals surface area contributed by atoms with Crippen LogP contribution in [0.15, 0.2) is 45.3 Å². The van der Waals surface area contributed by atoms with Crippen molar-refractivity contribution < 1.29 is 8.78 Å². The molecule has 0 heterocycles. The van der Waals surface area contributed by atoms with Crippen LogP contribution in [0.2, 0.25) is 0 Å². The fraction of sp³-hybridized carbons (Fsp3) is 0.200. The molecule has 1 unspecified atom stereocenters. The van der Waals surface area contributed by atoms with E-state index in [1.807, 2.05) is 25.1 Å². The highest BCUT2D eigenvalue weighted by Gasteiger charge is 2.11. The first-order valence-electron chi connectivity index (χ1n) is 6.09. The van der Waals surface area contributed by atoms with E-state index in [-0.39, 0.29) is 6.04 Å². The molecular formula is C15H13Br2F2N. The largest absolute Gasteiger partial charge is 0.306 e. The summed E-state index contributed by atoms with van der Waals surface area (Å²) in [5.41, 5.74) is 1.53. The second-order valence-corrected chi connectivity index (χ2v) is 6.27. The maximum Gasteiger partial charge on any atom is 0.130 e. The molecule has 20 heavy (non-hydrogen) atoms. The Bertz CT molecular complexity index is 617. The van der Waals surface area contributed by atoms with Gasteiger partial charge in [0.25, 0.3) is 0 Å². The molecule has 106 valence electrons. The van der Waals surface area contributed by atoms with Crippen LogP contribution in [-0.2, 0) is 6.54 Å². The summed E-state index contributed by atoms with van der Waals surface area (Å²) in [6, 6.07) is 9.58. The minimum Gasteiger partial charge on any atom is -0.306 e. The Labute approximate surface area is 133 Å². The average Bonchev–Trinajstić information content (AvgIpc) is 2.37. The lowest BCUT2D eigenvalue weighted by Crippen LogP contribution is -2.19. The van der Waals surface area contributed by atoms with Crippen LogP contribution in [0.4, 0.5) is 8.78 Å². The fourth-order valence-electron chi connectivity index (χ4n) is 1.89. The van der Waals surface area contributed by atoms with Crippen molar-refractivity contribution >= 4 is 31.9 Å². The Hall–Kier alpha value is -0.780. The second kappa shape index (κ2) is 6.78. The van der Waals surface area contributed by atoms with Crippen molar-refractivity contribution in [3.63, 3.8) is 0 Å². The standard InChI is InChI=1S/C15H13Br2F2N/c1-9(13-5-3-11(16)6-14(13)17)20-8-10-2-4-12(18)7-15(10)19/h2-7,9,20H,8H2,1H3. The lowest BCUT2D eigenvalue weighted by molar-refractivity contribution is 0.533. The van der Waals surface area contributed by atoms with Gasteiger partial charge < -0.3 is 5.32 Å². The Balaban J connectivity index is 2.06. The molecule has 0 bridgehead atoms. The van der Waals surface area contributed by atoms with Crippen molar-refractivity contribution in [2.45, 2.75) is 19.5 Å². The highest BCUT2D eigenvalue weighted by atomic mass is 79.9. The second-order valence-electron chi connectivity index (χ2n) is 4.50. The molecule has 1 atom stereocenters. The third-order valence-corrected chi connectivity index (χ3v) is 4.22. The topological polar surface area (TPSA) is 12.0 Å². The van der Waals surface area contributed by atoms with Crippen molar-refractivity contribution in [1.82, 2.24) is 5.32 Å². The van der Waals surface area contributed by atoms with Crippen LogP contribution in [0, 0.1) is 11.6 Å². The minimum atomic E-state index is -0.560. The zero-order valence-corrected chi connectivity index (χ0v) is 13.9. The van der Waals surface area contributed by atoms with E-state index in [1.165, 1.54) is 12.1 Å². The molecule has 2 aromatic carbocycles. The summed E-state index contributed by atoms with van der Waals surface area (Å²) >= 11 is 6.91. The average molecular weight is 405 g/mol. The predicted octanol–water partition coefficient (Wildman–Crippen LogP) is 5.34. The van der Waals surface area contributed by atoms with E-state index in [9.17, 15) is 8.78 Å². The summed E-state index contributed by atoms with van der Waals surface area (Å²) in [5, 5.41) is 3.23. The monoisotopic (exact) mass is 403 g/mol. The molecular weight excluding hydrogens is 392 g/mol. The van der Waals surface area contributed by atoms with Crippen LogP contribution in [-0.4, -0.2) is 0 Å². The molecule has 2 rings (SSSR count). The molecule has 0 aliphatic rings. The van der Waals surface area contributed by atoms with Crippen molar-refractivity contribution in [2.75, 3.05) is 0 Å². The number of nitrogens with one attached hydrogen (secondary N) is 1. The van der Waals surface area contributed by atoms with E-state index < -0.39 is 11.6 Å². The fourth-order valence-corrected chi connectivity index (χ4v) is 3.28. The minimum absolute atomic E-state index is 0.0435. The summed E-state index contributed by atoms with van der Waals surface area (Å²) < 4.78 is 28.3. The van der Waals surface area contributed by atoms with E-state index in [2.05, 4.69) is 37.2 Å². The van der Waals surface area contributed by atoms with Crippen LogP contribution in [0.5, 0.6) is 0 Å². The van der Waals surface area contributed by atoms with E-state index in [4.69, 9.17) is 0 Å². The summed E-state index contributed by atoms with van der Waals surface area (Å²) in [4.78, 5) is 0. The molecule has 0 aliphatic heterocycles. The first-order valence-corrected chi connectivity index (χ1v) is 7.68. The van der Waals surface area contributed by atoms with Crippen molar-refractivity contribution in [3.05, 3.63) is 68.1 Å². The summed E-state index contributed by atoms with van der Waals surface area (Å²) in [6.45, 7) is 2.34. The van der Waals surface area contributed by atoms with Gasteiger partial charge in [0.15, 0.2) is 0 Å². The molecule has 0 saturated heterocycles. The van der Waals surface area contributed by atoms with Gasteiger partial charge in [-0.1, -0.05) is 44.0 Å². The third kappa shape index (κ3) is 3.87. The molecule has 0 amide bonds. The molecule has 2 aromatic rings. The molecule has 5 heteroatoms. The number of hydrogen-bond donors (Lipinski definition) is 1. The van der Waals surface area contributed by atoms with Crippen LogP contribution >= 0.6 is 31.9 Å². The molecule has 0 saturated carbocycles. The number of benzene rings is 2. The van der Waals surface area contributed by atoms with Crippen LogP contribution < -0.4 is 5.32 Å². The van der Waals surface area contributed by atoms with Gasteiger partial charge in [-0.05, 0) is 30.7 Å².